The summed E-state index contributed by atoms with van der Waals surface area (Å²) in [5, 5.41) is 11.5. The minimum atomic E-state index is -4.62. The van der Waals surface area contributed by atoms with Gasteiger partial charge in [0, 0.05) is 23.6 Å². The summed E-state index contributed by atoms with van der Waals surface area (Å²) in [6, 6.07) is 5.18. The summed E-state index contributed by atoms with van der Waals surface area (Å²) in [5.74, 6) is -2.19. The fraction of sp³-hybridized carbons (Fsp3) is 0.294. The Bertz CT molecular complexity index is 796. The monoisotopic (exact) mass is 352 g/mol. The number of carboxylic acid groups (broad SMARTS) is 1. The van der Waals surface area contributed by atoms with Crippen LogP contribution in [0.25, 0.3) is 5.69 Å². The van der Waals surface area contributed by atoms with Crippen LogP contribution in [0.3, 0.4) is 0 Å². The van der Waals surface area contributed by atoms with Crippen LogP contribution in [-0.2, 0) is 11.0 Å². The highest BCUT2D eigenvalue weighted by molar-refractivity contribution is 5.97. The molecule has 8 heteroatoms. The zero-order valence-electron chi connectivity index (χ0n) is 13.0. The van der Waals surface area contributed by atoms with Crippen LogP contribution < -0.4 is 5.32 Å². The molecule has 1 aromatic heterocycles. The Morgan fingerprint density at radius 3 is 2.32 bits per heavy atom. The molecule has 0 bridgehead atoms. The maximum Gasteiger partial charge on any atom is 0.416 e. The summed E-state index contributed by atoms with van der Waals surface area (Å²) in [5.41, 5.74) is -1.03. The van der Waals surface area contributed by atoms with Gasteiger partial charge < -0.3 is 15.0 Å². The number of carboxylic acids is 1. The molecular formula is C17H15F3N2O3. The molecule has 1 aliphatic carbocycles. The van der Waals surface area contributed by atoms with Crippen molar-refractivity contribution in [3.8, 4) is 5.69 Å². The van der Waals surface area contributed by atoms with Crippen LogP contribution in [0.4, 0.5) is 13.2 Å². The number of nitrogens with one attached hydrogen (secondary N) is 1. The number of amides is 1. The second-order valence-corrected chi connectivity index (χ2v) is 5.98. The maximum atomic E-state index is 13.1. The fourth-order valence-corrected chi connectivity index (χ4v) is 2.60. The third-order valence-electron chi connectivity index (χ3n) is 4.06. The summed E-state index contributed by atoms with van der Waals surface area (Å²) >= 11 is 0. The van der Waals surface area contributed by atoms with E-state index in [1.165, 1.54) is 10.6 Å². The molecule has 0 spiro atoms. The number of aliphatic carboxylic acids is 1. The van der Waals surface area contributed by atoms with Crippen molar-refractivity contribution < 1.29 is 27.9 Å². The molecule has 1 fully saturated rings. The van der Waals surface area contributed by atoms with E-state index in [2.05, 4.69) is 5.32 Å². The number of benzene rings is 1. The summed E-state index contributed by atoms with van der Waals surface area (Å²) in [6.45, 7) is 0. The van der Waals surface area contributed by atoms with E-state index in [1.54, 1.807) is 24.5 Å². The van der Waals surface area contributed by atoms with Crippen molar-refractivity contribution in [3.63, 3.8) is 0 Å². The summed E-state index contributed by atoms with van der Waals surface area (Å²) in [4.78, 5) is 23.6. The van der Waals surface area contributed by atoms with Crippen molar-refractivity contribution in [2.45, 2.75) is 25.1 Å². The molecule has 5 nitrogen and oxygen atoms in total. The van der Waals surface area contributed by atoms with Crippen LogP contribution in [-0.4, -0.2) is 27.6 Å². The minimum Gasteiger partial charge on any atom is -0.480 e. The normalized spacial score (nSPS) is 15.6. The third kappa shape index (κ3) is 3.84. The largest absolute Gasteiger partial charge is 0.480 e. The molecule has 3 rings (SSSR count). The second kappa shape index (κ2) is 6.27. The summed E-state index contributed by atoms with van der Waals surface area (Å²) in [7, 11) is 0. The van der Waals surface area contributed by atoms with Crippen molar-refractivity contribution in [2.24, 2.45) is 5.92 Å². The SMILES string of the molecule is O=C(NC(C(=O)O)C1CC1)c1cc(-n2cccc2)cc(C(F)(F)F)c1. The molecule has 1 amide bonds. The van der Waals surface area contributed by atoms with E-state index in [-0.39, 0.29) is 17.2 Å². The number of hydrogen-bond donors (Lipinski definition) is 2. The molecule has 1 aromatic carbocycles. The van der Waals surface area contributed by atoms with Crippen LogP contribution in [0.1, 0.15) is 28.8 Å². The number of alkyl halides is 3. The summed E-state index contributed by atoms with van der Waals surface area (Å²) in [6.07, 6.45) is -0.160. The van der Waals surface area contributed by atoms with Crippen molar-refractivity contribution in [1.29, 1.82) is 0 Å². The molecule has 0 saturated heterocycles. The van der Waals surface area contributed by atoms with Gasteiger partial charge in [0.2, 0.25) is 0 Å². The molecule has 1 aliphatic rings. The lowest BCUT2D eigenvalue weighted by atomic mass is 10.1. The predicted molar refractivity (Wildman–Crippen MR) is 82.4 cm³/mol. The highest BCUT2D eigenvalue weighted by atomic mass is 19.4. The van der Waals surface area contributed by atoms with E-state index < -0.39 is 29.7 Å². The zero-order valence-corrected chi connectivity index (χ0v) is 13.0. The number of aromatic nitrogens is 1. The van der Waals surface area contributed by atoms with Crippen LogP contribution in [0.15, 0.2) is 42.7 Å². The van der Waals surface area contributed by atoms with E-state index in [0.717, 1.165) is 12.1 Å². The smallest absolute Gasteiger partial charge is 0.416 e. The minimum absolute atomic E-state index is 0.170. The van der Waals surface area contributed by atoms with Crippen LogP contribution in [0.2, 0.25) is 0 Å². The van der Waals surface area contributed by atoms with Crippen molar-refractivity contribution in [2.75, 3.05) is 0 Å². The van der Waals surface area contributed by atoms with Crippen molar-refractivity contribution >= 4 is 11.9 Å². The van der Waals surface area contributed by atoms with E-state index in [1.807, 2.05) is 0 Å². The molecule has 0 radical (unpaired) electrons. The van der Waals surface area contributed by atoms with Gasteiger partial charge in [0.1, 0.15) is 6.04 Å². The second-order valence-electron chi connectivity index (χ2n) is 5.98. The van der Waals surface area contributed by atoms with Gasteiger partial charge in [-0.15, -0.1) is 0 Å². The zero-order chi connectivity index (χ0) is 18.2. The molecule has 1 saturated carbocycles. The van der Waals surface area contributed by atoms with Gasteiger partial charge in [0.15, 0.2) is 0 Å². The Labute approximate surface area is 141 Å². The van der Waals surface area contributed by atoms with Gasteiger partial charge in [0.05, 0.1) is 5.56 Å². The Kier molecular flexibility index (Phi) is 4.28. The van der Waals surface area contributed by atoms with Crippen LogP contribution >= 0.6 is 0 Å². The van der Waals surface area contributed by atoms with Gasteiger partial charge in [-0.05, 0) is 49.1 Å². The Morgan fingerprint density at radius 2 is 1.80 bits per heavy atom. The van der Waals surface area contributed by atoms with Crippen molar-refractivity contribution in [3.05, 3.63) is 53.9 Å². The topological polar surface area (TPSA) is 71.3 Å². The highest BCUT2D eigenvalue weighted by Crippen LogP contribution is 2.34. The number of carbonyl (C=O) groups is 2. The number of hydrogen-bond acceptors (Lipinski definition) is 2. The number of nitrogens with zero attached hydrogens (tertiary/aromatic N) is 1. The molecule has 0 aliphatic heterocycles. The molecule has 25 heavy (non-hydrogen) atoms. The summed E-state index contributed by atoms with van der Waals surface area (Å²) < 4.78 is 40.9. The maximum absolute atomic E-state index is 13.1. The van der Waals surface area contributed by atoms with Gasteiger partial charge in [-0.3, -0.25) is 4.79 Å². The Hall–Kier alpha value is -2.77. The predicted octanol–water partition coefficient (Wildman–Crippen LogP) is 3.09. The standard InChI is InChI=1S/C17H15F3N2O3/c18-17(19,20)12-7-11(8-13(9-12)22-5-1-2-6-22)15(23)21-14(16(24)25)10-3-4-10/h1-2,5-10,14H,3-4H2,(H,21,23)(H,24,25). The third-order valence-corrected chi connectivity index (χ3v) is 4.06. The quantitative estimate of drug-likeness (QED) is 0.869. The first kappa shape index (κ1) is 17.1. The van der Waals surface area contributed by atoms with Crippen molar-refractivity contribution in [1.82, 2.24) is 9.88 Å². The average Bonchev–Trinajstić information content (AvgIpc) is 3.23. The Balaban J connectivity index is 1.95. The lowest BCUT2D eigenvalue weighted by Gasteiger charge is -2.16. The fourth-order valence-electron chi connectivity index (χ4n) is 2.60. The average molecular weight is 352 g/mol. The van der Waals surface area contributed by atoms with Crippen LogP contribution in [0, 0.1) is 5.92 Å². The van der Waals surface area contributed by atoms with E-state index >= 15 is 0 Å². The highest BCUT2D eigenvalue weighted by Gasteiger charge is 2.38. The molecule has 2 N–H and O–H groups in total. The Morgan fingerprint density at radius 1 is 1.16 bits per heavy atom. The van der Waals surface area contributed by atoms with Gasteiger partial charge in [-0.2, -0.15) is 13.2 Å². The van der Waals surface area contributed by atoms with Crippen LogP contribution in [0.5, 0.6) is 0 Å². The van der Waals surface area contributed by atoms with Gasteiger partial charge in [-0.1, -0.05) is 0 Å². The first-order valence-electron chi connectivity index (χ1n) is 7.65. The lowest BCUT2D eigenvalue weighted by Crippen LogP contribution is -2.42. The van der Waals surface area contributed by atoms with Gasteiger partial charge in [0.25, 0.3) is 5.91 Å². The first-order chi connectivity index (χ1) is 11.8. The molecule has 1 unspecified atom stereocenters. The molecule has 2 aromatic rings. The lowest BCUT2D eigenvalue weighted by molar-refractivity contribution is -0.140. The molecule has 132 valence electrons. The van der Waals surface area contributed by atoms with E-state index in [0.29, 0.717) is 12.8 Å². The number of carbonyl (C=O) groups excluding carboxylic acids is 1. The molecular weight excluding hydrogens is 337 g/mol. The van der Waals surface area contributed by atoms with E-state index in [4.69, 9.17) is 5.11 Å². The number of rotatable bonds is 5. The number of halogens is 3. The molecule has 1 heterocycles. The van der Waals surface area contributed by atoms with Gasteiger partial charge >= 0.3 is 12.1 Å². The van der Waals surface area contributed by atoms with Gasteiger partial charge in [-0.25, -0.2) is 4.79 Å². The molecule has 1 atom stereocenters. The van der Waals surface area contributed by atoms with E-state index in [9.17, 15) is 22.8 Å². The first-order valence-corrected chi connectivity index (χ1v) is 7.65.